The van der Waals surface area contributed by atoms with Gasteiger partial charge in [-0.3, -0.25) is 4.79 Å². The summed E-state index contributed by atoms with van der Waals surface area (Å²) >= 11 is 0. The third-order valence-electron chi connectivity index (χ3n) is 2.98. The van der Waals surface area contributed by atoms with Crippen molar-refractivity contribution in [1.29, 1.82) is 0 Å². The Morgan fingerprint density at radius 3 is 2.83 bits per heavy atom. The lowest BCUT2D eigenvalue weighted by molar-refractivity contribution is 0.0950. The van der Waals surface area contributed by atoms with Crippen molar-refractivity contribution in [2.24, 2.45) is 5.10 Å². The van der Waals surface area contributed by atoms with Crippen LogP contribution in [0.2, 0.25) is 0 Å². The van der Waals surface area contributed by atoms with E-state index in [1.54, 1.807) is 24.3 Å². The highest BCUT2D eigenvalue weighted by Gasteiger charge is 2.15. The Morgan fingerprint density at radius 2 is 2.17 bits per heavy atom. The van der Waals surface area contributed by atoms with Gasteiger partial charge in [0, 0.05) is 0 Å². The van der Waals surface area contributed by atoms with E-state index in [9.17, 15) is 4.79 Å². The van der Waals surface area contributed by atoms with E-state index >= 15 is 0 Å². The van der Waals surface area contributed by atoms with Crippen molar-refractivity contribution in [2.75, 3.05) is 5.73 Å². The summed E-state index contributed by atoms with van der Waals surface area (Å²) in [6, 6.07) is 7.03. The second kappa shape index (κ2) is 6.66. The molecule has 11 nitrogen and oxygen atoms in total. The average molecular weight is 328 g/mol. The standard InChI is InChI=1S/C13H12N8O3/c14-11-12(19-24-18-11)21-6-10(16-20-21)13(23)17-15-5-8-1-3-9(7-22)4-2-8/h1-6,22H,7H2,(H2,14,18)(H,17,23)/b15-5+. The zero-order valence-electron chi connectivity index (χ0n) is 12.2. The van der Waals surface area contributed by atoms with Crippen molar-refractivity contribution in [3.8, 4) is 5.82 Å². The molecule has 0 aliphatic carbocycles. The monoisotopic (exact) mass is 328 g/mol. The minimum atomic E-state index is -0.556. The number of nitrogens with two attached hydrogens (primary N) is 1. The summed E-state index contributed by atoms with van der Waals surface area (Å²) in [5, 5.41) is 27.2. The van der Waals surface area contributed by atoms with Gasteiger partial charge in [0.05, 0.1) is 19.0 Å². The molecule has 1 amide bonds. The SMILES string of the molecule is Nc1nonc1-n1cc(C(=O)N/N=C/c2ccc(CO)cc2)nn1. The van der Waals surface area contributed by atoms with Crippen LogP contribution in [0.3, 0.4) is 0 Å². The minimum Gasteiger partial charge on any atom is -0.392 e. The molecule has 3 aromatic rings. The number of aliphatic hydroxyl groups is 1. The van der Waals surface area contributed by atoms with Crippen LogP contribution in [0.15, 0.2) is 40.2 Å². The number of nitrogens with one attached hydrogen (secondary N) is 1. The van der Waals surface area contributed by atoms with Gasteiger partial charge in [-0.05, 0) is 21.4 Å². The lowest BCUT2D eigenvalue weighted by atomic mass is 10.2. The van der Waals surface area contributed by atoms with Crippen LogP contribution in [0.4, 0.5) is 5.82 Å². The summed E-state index contributed by atoms with van der Waals surface area (Å²) in [5.74, 6) is -0.398. The average Bonchev–Trinajstić information content (AvgIpc) is 3.24. The highest BCUT2D eigenvalue weighted by atomic mass is 16.6. The Kier molecular flexibility index (Phi) is 4.25. The van der Waals surface area contributed by atoms with Crippen molar-refractivity contribution in [1.82, 2.24) is 30.7 Å². The number of amides is 1. The maximum Gasteiger partial charge on any atom is 0.293 e. The summed E-state index contributed by atoms with van der Waals surface area (Å²) in [6.07, 6.45) is 2.78. The Morgan fingerprint density at radius 1 is 1.38 bits per heavy atom. The Hall–Kier alpha value is -3.60. The predicted octanol–water partition coefficient (Wildman–Crippen LogP) is -0.511. The van der Waals surface area contributed by atoms with Gasteiger partial charge >= 0.3 is 0 Å². The van der Waals surface area contributed by atoms with Crippen molar-refractivity contribution < 1.29 is 14.5 Å². The predicted molar refractivity (Wildman–Crippen MR) is 81.1 cm³/mol. The minimum absolute atomic E-state index is 0.0187. The summed E-state index contributed by atoms with van der Waals surface area (Å²) in [6.45, 7) is -0.0324. The molecule has 0 aliphatic rings. The van der Waals surface area contributed by atoms with E-state index in [-0.39, 0.29) is 23.9 Å². The molecule has 0 saturated carbocycles. The largest absolute Gasteiger partial charge is 0.392 e. The lowest BCUT2D eigenvalue weighted by Gasteiger charge is -1.97. The number of hydrazone groups is 1. The molecule has 0 radical (unpaired) electrons. The molecule has 0 saturated heterocycles. The van der Waals surface area contributed by atoms with E-state index in [0.29, 0.717) is 0 Å². The van der Waals surface area contributed by atoms with E-state index in [2.05, 4.69) is 35.8 Å². The summed E-state index contributed by atoms with van der Waals surface area (Å²) in [4.78, 5) is 11.9. The first-order chi connectivity index (χ1) is 11.7. The number of aliphatic hydroxyl groups excluding tert-OH is 1. The first-order valence-corrected chi connectivity index (χ1v) is 6.71. The van der Waals surface area contributed by atoms with Gasteiger partial charge in [0.15, 0.2) is 5.69 Å². The van der Waals surface area contributed by atoms with Gasteiger partial charge < -0.3 is 10.8 Å². The molecule has 11 heteroatoms. The van der Waals surface area contributed by atoms with Crippen molar-refractivity contribution >= 4 is 17.9 Å². The van der Waals surface area contributed by atoms with E-state index in [1.165, 1.54) is 12.4 Å². The van der Waals surface area contributed by atoms with Gasteiger partial charge in [0.25, 0.3) is 5.91 Å². The van der Waals surface area contributed by atoms with Crippen molar-refractivity contribution in [3.63, 3.8) is 0 Å². The van der Waals surface area contributed by atoms with Gasteiger partial charge in [0.1, 0.15) is 0 Å². The molecule has 2 aromatic heterocycles. The van der Waals surface area contributed by atoms with E-state index in [4.69, 9.17) is 10.8 Å². The quantitative estimate of drug-likeness (QED) is 0.417. The van der Waals surface area contributed by atoms with Gasteiger partial charge in [-0.15, -0.1) is 5.10 Å². The normalized spacial score (nSPS) is 11.0. The Balaban J connectivity index is 1.64. The van der Waals surface area contributed by atoms with Crippen molar-refractivity contribution in [3.05, 3.63) is 47.3 Å². The van der Waals surface area contributed by atoms with Crippen molar-refractivity contribution in [2.45, 2.75) is 6.61 Å². The number of aromatic nitrogens is 5. The van der Waals surface area contributed by atoms with Crippen LogP contribution in [0.25, 0.3) is 5.82 Å². The molecule has 4 N–H and O–H groups in total. The second-order valence-corrected chi connectivity index (χ2v) is 4.62. The van der Waals surface area contributed by atoms with Gasteiger partial charge in [0.2, 0.25) is 11.6 Å². The number of hydrogen-bond donors (Lipinski definition) is 3. The van der Waals surface area contributed by atoms with E-state index in [1.807, 2.05) is 0 Å². The smallest absolute Gasteiger partial charge is 0.293 e. The number of nitrogen functional groups attached to an aromatic ring is 1. The molecule has 2 heterocycles. The molecule has 0 bridgehead atoms. The lowest BCUT2D eigenvalue weighted by Crippen LogP contribution is -2.18. The molecule has 3 rings (SSSR count). The molecule has 1 aromatic carbocycles. The van der Waals surface area contributed by atoms with Crippen LogP contribution in [0.1, 0.15) is 21.6 Å². The number of benzene rings is 1. The summed E-state index contributed by atoms with van der Waals surface area (Å²) in [5.41, 5.74) is 9.42. The van der Waals surface area contributed by atoms with Gasteiger partial charge in [-0.1, -0.05) is 29.5 Å². The molecule has 0 aliphatic heterocycles. The molecule has 0 unspecified atom stereocenters. The molecule has 0 spiro atoms. The number of hydrogen-bond acceptors (Lipinski definition) is 9. The van der Waals surface area contributed by atoms with E-state index in [0.717, 1.165) is 15.8 Å². The Bertz CT molecular complexity index is 867. The van der Waals surface area contributed by atoms with Crippen LogP contribution >= 0.6 is 0 Å². The highest BCUT2D eigenvalue weighted by Crippen LogP contribution is 2.09. The fourth-order valence-corrected chi connectivity index (χ4v) is 1.75. The van der Waals surface area contributed by atoms with Crippen LogP contribution < -0.4 is 11.2 Å². The van der Waals surface area contributed by atoms with Gasteiger partial charge in [-0.2, -0.15) is 9.78 Å². The summed E-state index contributed by atoms with van der Waals surface area (Å²) in [7, 11) is 0. The maximum atomic E-state index is 11.9. The van der Waals surface area contributed by atoms with Gasteiger partial charge in [-0.25, -0.2) is 10.1 Å². The number of nitrogens with zero attached hydrogens (tertiary/aromatic N) is 6. The number of anilines is 1. The van der Waals surface area contributed by atoms with Crippen LogP contribution in [0.5, 0.6) is 0 Å². The molecule has 0 fully saturated rings. The summed E-state index contributed by atoms with van der Waals surface area (Å²) < 4.78 is 5.61. The third-order valence-corrected chi connectivity index (χ3v) is 2.98. The number of carbonyl (C=O) groups excluding carboxylic acids is 1. The highest BCUT2D eigenvalue weighted by molar-refractivity contribution is 5.92. The Labute approximate surface area is 134 Å². The van der Waals surface area contributed by atoms with Crippen LogP contribution in [-0.4, -0.2) is 42.5 Å². The molecular formula is C13H12N8O3. The zero-order chi connectivity index (χ0) is 16.9. The van der Waals surface area contributed by atoms with Crippen LogP contribution in [0, 0.1) is 0 Å². The first-order valence-electron chi connectivity index (χ1n) is 6.71. The third kappa shape index (κ3) is 3.25. The zero-order valence-corrected chi connectivity index (χ0v) is 12.2. The second-order valence-electron chi connectivity index (χ2n) is 4.62. The first kappa shape index (κ1) is 15.3. The molecule has 0 atom stereocenters. The molecular weight excluding hydrogens is 316 g/mol. The maximum absolute atomic E-state index is 11.9. The van der Waals surface area contributed by atoms with Crippen LogP contribution in [-0.2, 0) is 6.61 Å². The fraction of sp³-hybridized carbons (Fsp3) is 0.0769. The molecule has 122 valence electrons. The topological polar surface area (TPSA) is 157 Å². The number of rotatable bonds is 5. The fourth-order valence-electron chi connectivity index (χ4n) is 1.75. The van der Waals surface area contributed by atoms with E-state index < -0.39 is 5.91 Å². The molecule has 24 heavy (non-hydrogen) atoms. The number of carbonyl (C=O) groups is 1.